The molecule has 35 heavy (non-hydrogen) atoms. The number of hydrogen-bond acceptors (Lipinski definition) is 6. The van der Waals surface area contributed by atoms with Gasteiger partial charge in [-0.2, -0.15) is 5.10 Å². The Hall–Kier alpha value is -4.46. The van der Waals surface area contributed by atoms with Crippen LogP contribution in [-0.2, 0) is 7.05 Å². The second kappa shape index (κ2) is 8.39. The third-order valence-electron chi connectivity index (χ3n) is 6.07. The summed E-state index contributed by atoms with van der Waals surface area (Å²) >= 11 is 0. The van der Waals surface area contributed by atoms with Crippen molar-refractivity contribution in [3.63, 3.8) is 0 Å². The third kappa shape index (κ3) is 3.93. The number of aromatic nitrogens is 3. The fourth-order valence-electron chi connectivity index (χ4n) is 4.42. The van der Waals surface area contributed by atoms with Crippen molar-refractivity contribution in [2.75, 3.05) is 5.32 Å². The molecule has 0 aliphatic heterocycles. The molecule has 1 atom stereocenters. The average molecular weight is 469 g/mol. The largest absolute Gasteiger partial charge is 0.476 e. The van der Waals surface area contributed by atoms with Crippen LogP contribution in [0.4, 0.5) is 5.69 Å². The molecule has 0 saturated carbocycles. The van der Waals surface area contributed by atoms with Crippen LogP contribution in [0, 0.1) is 13.8 Å². The van der Waals surface area contributed by atoms with Gasteiger partial charge in [0.2, 0.25) is 0 Å². The third-order valence-corrected chi connectivity index (χ3v) is 6.07. The van der Waals surface area contributed by atoms with Crippen molar-refractivity contribution in [2.24, 2.45) is 7.05 Å². The number of anilines is 1. The van der Waals surface area contributed by atoms with Crippen molar-refractivity contribution in [3.8, 4) is 11.5 Å². The van der Waals surface area contributed by atoms with E-state index in [9.17, 15) is 14.7 Å². The van der Waals surface area contributed by atoms with Gasteiger partial charge < -0.3 is 14.8 Å². The molecule has 0 fully saturated rings. The van der Waals surface area contributed by atoms with Crippen LogP contribution in [0.25, 0.3) is 33.3 Å². The van der Waals surface area contributed by atoms with Gasteiger partial charge in [-0.25, -0.2) is 9.78 Å². The zero-order valence-corrected chi connectivity index (χ0v) is 19.8. The molecule has 176 valence electrons. The number of carbonyl (C=O) groups is 1. The van der Waals surface area contributed by atoms with Crippen molar-refractivity contribution < 1.29 is 14.3 Å². The highest BCUT2D eigenvalue weighted by atomic mass is 16.4. The zero-order chi connectivity index (χ0) is 24.9. The Morgan fingerprint density at radius 3 is 2.63 bits per heavy atom. The van der Waals surface area contributed by atoms with Crippen LogP contribution >= 0.6 is 0 Å². The highest BCUT2D eigenvalue weighted by Crippen LogP contribution is 2.33. The Labute approximate surface area is 200 Å². The van der Waals surface area contributed by atoms with Gasteiger partial charge in [-0.05, 0) is 50.6 Å². The number of pyridine rings is 1. The number of rotatable bonds is 5. The van der Waals surface area contributed by atoms with Crippen molar-refractivity contribution in [3.05, 3.63) is 87.3 Å². The summed E-state index contributed by atoms with van der Waals surface area (Å²) in [6.07, 6.45) is 0. The summed E-state index contributed by atoms with van der Waals surface area (Å²) in [7, 11) is 1.85. The van der Waals surface area contributed by atoms with Crippen LogP contribution in [0.2, 0.25) is 0 Å². The van der Waals surface area contributed by atoms with Crippen LogP contribution in [0.5, 0.6) is 0 Å². The van der Waals surface area contributed by atoms with E-state index in [1.165, 1.54) is 6.07 Å². The number of fused-ring (bicyclic) bond motifs is 2. The van der Waals surface area contributed by atoms with E-state index < -0.39 is 5.97 Å². The molecular formula is C27H24N4O4. The molecule has 2 aromatic carbocycles. The van der Waals surface area contributed by atoms with E-state index in [0.29, 0.717) is 33.8 Å². The van der Waals surface area contributed by atoms with Gasteiger partial charge in [-0.15, -0.1) is 0 Å². The van der Waals surface area contributed by atoms with E-state index in [1.54, 1.807) is 29.8 Å². The van der Waals surface area contributed by atoms with E-state index in [0.717, 1.165) is 22.0 Å². The maximum Gasteiger partial charge on any atom is 0.356 e. The molecule has 3 heterocycles. The first-order valence-corrected chi connectivity index (χ1v) is 11.2. The lowest BCUT2D eigenvalue weighted by Crippen LogP contribution is -2.14. The van der Waals surface area contributed by atoms with Gasteiger partial charge in [0.25, 0.3) is 0 Å². The fourth-order valence-corrected chi connectivity index (χ4v) is 4.42. The number of carboxylic acids is 1. The van der Waals surface area contributed by atoms with Gasteiger partial charge in [-0.3, -0.25) is 9.48 Å². The lowest BCUT2D eigenvalue weighted by molar-refractivity contribution is 0.0691. The van der Waals surface area contributed by atoms with Crippen LogP contribution in [0.15, 0.2) is 63.8 Å². The average Bonchev–Trinajstić information content (AvgIpc) is 3.16. The minimum Gasteiger partial charge on any atom is -0.476 e. The van der Waals surface area contributed by atoms with Crippen molar-refractivity contribution >= 4 is 33.5 Å². The van der Waals surface area contributed by atoms with E-state index in [2.05, 4.69) is 15.4 Å². The second-order valence-electron chi connectivity index (χ2n) is 8.72. The molecule has 0 spiro atoms. The molecule has 8 heteroatoms. The Morgan fingerprint density at radius 1 is 1.09 bits per heavy atom. The number of para-hydroxylation sites is 1. The monoisotopic (exact) mass is 468 g/mol. The van der Waals surface area contributed by atoms with Crippen molar-refractivity contribution in [1.29, 1.82) is 0 Å². The van der Waals surface area contributed by atoms with Crippen LogP contribution in [0.1, 0.15) is 40.3 Å². The van der Waals surface area contributed by atoms with Gasteiger partial charge in [0.1, 0.15) is 11.3 Å². The van der Waals surface area contributed by atoms with Gasteiger partial charge in [0.15, 0.2) is 16.9 Å². The Bertz CT molecular complexity index is 1680. The molecule has 0 aliphatic carbocycles. The maximum absolute atomic E-state index is 13.2. The van der Waals surface area contributed by atoms with Crippen LogP contribution in [-0.4, -0.2) is 25.8 Å². The molecule has 1 unspecified atom stereocenters. The zero-order valence-electron chi connectivity index (χ0n) is 19.8. The SMILES string of the molecule is Cc1cc(C(C)Nc2ccc(C)nc2C(=O)O)c2oc(-c3nn(C)c4ccccc34)cc(=O)c2c1. The molecule has 0 saturated heterocycles. The summed E-state index contributed by atoms with van der Waals surface area (Å²) in [6, 6.07) is 16.0. The highest BCUT2D eigenvalue weighted by molar-refractivity contribution is 5.94. The molecule has 0 aliphatic rings. The minimum absolute atomic E-state index is 0.0593. The molecule has 5 rings (SSSR count). The second-order valence-corrected chi connectivity index (χ2v) is 8.72. The summed E-state index contributed by atoms with van der Waals surface area (Å²) in [6.45, 7) is 5.54. The molecule has 0 amide bonds. The summed E-state index contributed by atoms with van der Waals surface area (Å²) in [5.74, 6) is -0.742. The normalized spacial score (nSPS) is 12.2. The van der Waals surface area contributed by atoms with Gasteiger partial charge in [0, 0.05) is 29.8 Å². The molecule has 0 bridgehead atoms. The van der Waals surface area contributed by atoms with Gasteiger partial charge >= 0.3 is 5.97 Å². The van der Waals surface area contributed by atoms with E-state index >= 15 is 0 Å². The van der Waals surface area contributed by atoms with Crippen molar-refractivity contribution in [2.45, 2.75) is 26.8 Å². The van der Waals surface area contributed by atoms with Crippen LogP contribution in [0.3, 0.4) is 0 Å². The lowest BCUT2D eigenvalue weighted by Gasteiger charge is -2.19. The molecule has 2 N–H and O–H groups in total. The molecule has 3 aromatic heterocycles. The van der Waals surface area contributed by atoms with Crippen molar-refractivity contribution in [1.82, 2.24) is 14.8 Å². The van der Waals surface area contributed by atoms with E-state index in [1.807, 2.05) is 51.2 Å². The van der Waals surface area contributed by atoms with Crippen LogP contribution < -0.4 is 10.7 Å². The summed E-state index contributed by atoms with van der Waals surface area (Å²) in [5, 5.41) is 18.8. The number of hydrogen-bond donors (Lipinski definition) is 2. The lowest BCUT2D eigenvalue weighted by atomic mass is 10.0. The Kier molecular flexibility index (Phi) is 5.36. The number of nitrogens with one attached hydrogen (secondary N) is 1. The minimum atomic E-state index is -1.12. The standard InChI is InChI=1S/C27H24N4O4/c1-14-11-18(16(3)29-20-10-9-15(2)28-25(20)27(33)34)26-19(12-14)22(32)13-23(35-26)24-17-7-5-6-8-21(17)31(4)30-24/h5-13,16,29H,1-4H3,(H,33,34). The Morgan fingerprint density at radius 2 is 1.86 bits per heavy atom. The number of aromatic carboxylic acids is 1. The fraction of sp³-hybridized carbons (Fsp3) is 0.185. The Balaban J connectivity index is 1.67. The highest BCUT2D eigenvalue weighted by Gasteiger charge is 2.21. The number of aryl methyl sites for hydroxylation is 3. The molecule has 5 aromatic rings. The van der Waals surface area contributed by atoms with E-state index in [-0.39, 0.29) is 17.2 Å². The first kappa shape index (κ1) is 22.3. The number of benzene rings is 2. The summed E-state index contributed by atoms with van der Waals surface area (Å²) < 4.78 is 8.10. The summed E-state index contributed by atoms with van der Waals surface area (Å²) in [5.41, 5.74) is 4.35. The quantitative estimate of drug-likeness (QED) is 0.363. The predicted octanol–water partition coefficient (Wildman–Crippen LogP) is 5.23. The maximum atomic E-state index is 13.2. The number of nitrogens with zero attached hydrogens (tertiary/aromatic N) is 3. The first-order chi connectivity index (χ1) is 16.7. The predicted molar refractivity (Wildman–Crippen MR) is 135 cm³/mol. The molecule has 8 nitrogen and oxygen atoms in total. The topological polar surface area (TPSA) is 110 Å². The molecule has 0 radical (unpaired) electrons. The smallest absolute Gasteiger partial charge is 0.356 e. The summed E-state index contributed by atoms with van der Waals surface area (Å²) in [4.78, 5) is 29.1. The van der Waals surface area contributed by atoms with Gasteiger partial charge in [0.05, 0.1) is 22.6 Å². The first-order valence-electron chi connectivity index (χ1n) is 11.2. The number of carboxylic acid groups (broad SMARTS) is 1. The van der Waals surface area contributed by atoms with E-state index in [4.69, 9.17) is 4.42 Å². The molecular weight excluding hydrogens is 444 g/mol. The van der Waals surface area contributed by atoms with Gasteiger partial charge in [-0.1, -0.05) is 24.3 Å².